The minimum atomic E-state index is -5.24. The highest BCUT2D eigenvalue weighted by Crippen LogP contribution is 2.40. The number of aliphatic hydroxyl groups excluding tert-OH is 2. The summed E-state index contributed by atoms with van der Waals surface area (Å²) < 4.78 is 149. The second-order valence-corrected chi connectivity index (χ2v) is 17.2. The van der Waals surface area contributed by atoms with Gasteiger partial charge in [0.2, 0.25) is 17.8 Å². The molecule has 5 aromatic rings. The van der Waals surface area contributed by atoms with Crippen LogP contribution in [-0.2, 0) is 32.6 Å². The number of hydrogen-bond acceptors (Lipinski definition) is 18. The van der Waals surface area contributed by atoms with Crippen molar-refractivity contribution in [2.75, 3.05) is 77.8 Å². The molecule has 1 aromatic heterocycles. The van der Waals surface area contributed by atoms with Crippen LogP contribution in [0.25, 0.3) is 0 Å². The van der Waals surface area contributed by atoms with Crippen LogP contribution >= 0.6 is 0 Å². The number of nitrogens with one attached hydrogen (secondary N) is 2. The number of anilines is 7. The van der Waals surface area contributed by atoms with Gasteiger partial charge in [0.25, 0.3) is 20.2 Å². The summed E-state index contributed by atoms with van der Waals surface area (Å²) in [5.41, 5.74) is -2.61. The van der Waals surface area contributed by atoms with Crippen molar-refractivity contribution in [3.05, 3.63) is 83.9 Å². The first-order valence-corrected chi connectivity index (χ1v) is 23.6. The van der Waals surface area contributed by atoms with Crippen molar-refractivity contribution in [1.82, 2.24) is 15.0 Å². The highest BCUT2D eigenvalue weighted by molar-refractivity contribution is 7.86. The second kappa shape index (κ2) is 22.2. The molecule has 0 radical (unpaired) electrons. The standard InChI is InChI=1S/C41H46F6N12O8S2/c1-5-57(6-2)27-11-15-29(53-55-31-13-9-25(40(42,43)44)21-35(31)68(62,63)64)33(23-27)48-37-50-38(52-39(51-37)59(17-19-60)18-20-61)49-34-24-28(58(7-3)8-4)12-16-30(34)54-56-32-14-10-26(41(45,46)47)22-36(32)69(65,66)67/h9-16,21-24,60-61H,5-8,17-20H2,1-4H3,(H,62,63,64)(H,65,66,67)(H2,48,49,50,51,52). The van der Waals surface area contributed by atoms with Crippen LogP contribution in [0.2, 0.25) is 0 Å². The topological polar surface area (TPSA) is 271 Å². The third kappa shape index (κ3) is 13.8. The summed E-state index contributed by atoms with van der Waals surface area (Å²) in [7, 11) is -10.5. The van der Waals surface area contributed by atoms with Gasteiger partial charge < -0.3 is 35.5 Å². The Labute approximate surface area is 392 Å². The lowest BCUT2D eigenvalue weighted by Crippen LogP contribution is -2.31. The molecule has 5 rings (SSSR count). The van der Waals surface area contributed by atoms with E-state index < -0.39 is 78.1 Å². The molecule has 372 valence electrons. The van der Waals surface area contributed by atoms with Crippen molar-refractivity contribution in [3.63, 3.8) is 0 Å². The third-order valence-electron chi connectivity index (χ3n) is 10.0. The van der Waals surface area contributed by atoms with Gasteiger partial charge in [0, 0.05) is 50.6 Å². The first kappa shape index (κ1) is 53.4. The van der Waals surface area contributed by atoms with Gasteiger partial charge >= 0.3 is 12.4 Å². The number of rotatable bonds is 21. The normalized spacial score (nSPS) is 12.5. The van der Waals surface area contributed by atoms with Crippen molar-refractivity contribution < 1.29 is 62.5 Å². The number of alkyl halides is 6. The van der Waals surface area contributed by atoms with Crippen molar-refractivity contribution in [1.29, 1.82) is 0 Å². The monoisotopic (exact) mass is 1010 g/mol. The molecule has 0 bridgehead atoms. The predicted molar refractivity (Wildman–Crippen MR) is 244 cm³/mol. The molecule has 0 unspecified atom stereocenters. The average molecular weight is 1010 g/mol. The molecule has 0 aliphatic rings. The number of aliphatic hydroxyl groups is 2. The van der Waals surface area contributed by atoms with E-state index in [1.807, 2.05) is 37.5 Å². The Morgan fingerprint density at radius 2 is 0.870 bits per heavy atom. The van der Waals surface area contributed by atoms with Crippen molar-refractivity contribution in [3.8, 4) is 0 Å². The number of aromatic nitrogens is 3. The number of halogens is 6. The van der Waals surface area contributed by atoms with Crippen LogP contribution in [0.15, 0.2) is 103 Å². The first-order chi connectivity index (χ1) is 32.4. The lowest BCUT2D eigenvalue weighted by Gasteiger charge is -2.24. The van der Waals surface area contributed by atoms with E-state index in [4.69, 9.17) is 0 Å². The molecule has 0 fully saturated rings. The fraction of sp³-hybridized carbons (Fsp3) is 0.341. The fourth-order valence-corrected chi connectivity index (χ4v) is 7.88. The van der Waals surface area contributed by atoms with Crippen molar-refractivity contribution >= 4 is 83.6 Å². The zero-order valence-corrected chi connectivity index (χ0v) is 38.7. The van der Waals surface area contributed by atoms with E-state index in [1.54, 1.807) is 24.3 Å². The number of nitrogens with zero attached hydrogens (tertiary/aromatic N) is 10. The minimum Gasteiger partial charge on any atom is -0.395 e. The van der Waals surface area contributed by atoms with E-state index in [0.717, 1.165) is 12.1 Å². The SMILES string of the molecule is CCN(CC)c1ccc(N=Nc2ccc(C(F)(F)F)cc2S(=O)(=O)O)c(Nc2nc(Nc3cc(N(CC)CC)ccc3N=Nc3ccc(C(F)(F)F)cc3S(=O)(=O)O)nc(N(CCO)CCO)n2)c1. The molecule has 0 aliphatic carbocycles. The van der Waals surface area contributed by atoms with Gasteiger partial charge in [-0.15, -0.1) is 20.5 Å². The maximum absolute atomic E-state index is 13.5. The molecule has 0 atom stereocenters. The Morgan fingerprint density at radius 3 is 1.19 bits per heavy atom. The lowest BCUT2D eigenvalue weighted by atomic mass is 10.2. The summed E-state index contributed by atoms with van der Waals surface area (Å²) >= 11 is 0. The van der Waals surface area contributed by atoms with Crippen LogP contribution < -0.4 is 25.3 Å². The summed E-state index contributed by atoms with van der Waals surface area (Å²) in [5.74, 6) is -0.569. The van der Waals surface area contributed by atoms with Gasteiger partial charge in [-0.05, 0) is 100 Å². The van der Waals surface area contributed by atoms with Crippen LogP contribution in [0.3, 0.4) is 0 Å². The molecular weight excluding hydrogens is 967 g/mol. The van der Waals surface area contributed by atoms with Gasteiger partial charge in [-0.25, -0.2) is 0 Å². The Hall–Kier alpha value is -6.59. The molecule has 0 amide bonds. The van der Waals surface area contributed by atoms with Gasteiger partial charge in [0.05, 0.1) is 35.7 Å². The van der Waals surface area contributed by atoms with Crippen LogP contribution in [0.4, 0.5) is 89.7 Å². The van der Waals surface area contributed by atoms with Gasteiger partial charge in [-0.2, -0.15) is 58.1 Å². The molecule has 0 aliphatic heterocycles. The zero-order chi connectivity index (χ0) is 50.9. The number of hydrogen-bond donors (Lipinski definition) is 6. The van der Waals surface area contributed by atoms with Crippen LogP contribution in [-0.4, -0.2) is 104 Å². The molecule has 1 heterocycles. The van der Waals surface area contributed by atoms with E-state index in [2.05, 4.69) is 46.0 Å². The van der Waals surface area contributed by atoms with Crippen LogP contribution in [0, 0.1) is 0 Å². The van der Waals surface area contributed by atoms with Gasteiger partial charge in [0.1, 0.15) is 32.5 Å². The molecule has 0 saturated carbocycles. The maximum Gasteiger partial charge on any atom is 0.416 e. The smallest absolute Gasteiger partial charge is 0.395 e. The highest BCUT2D eigenvalue weighted by Gasteiger charge is 2.34. The average Bonchev–Trinajstić information content (AvgIpc) is 3.27. The van der Waals surface area contributed by atoms with Crippen molar-refractivity contribution in [2.24, 2.45) is 20.5 Å². The second-order valence-electron chi connectivity index (χ2n) is 14.4. The van der Waals surface area contributed by atoms with Gasteiger partial charge in [-0.1, -0.05) is 0 Å². The maximum atomic E-state index is 13.5. The van der Waals surface area contributed by atoms with Crippen molar-refractivity contribution in [2.45, 2.75) is 49.8 Å². The summed E-state index contributed by atoms with van der Waals surface area (Å²) in [5, 5.41) is 41.9. The van der Waals surface area contributed by atoms with E-state index in [0.29, 0.717) is 49.7 Å². The van der Waals surface area contributed by atoms with E-state index in [1.165, 1.54) is 17.0 Å². The summed E-state index contributed by atoms with van der Waals surface area (Å²) in [6.07, 6.45) is -9.92. The van der Waals surface area contributed by atoms with E-state index in [-0.39, 0.29) is 65.8 Å². The molecule has 4 aromatic carbocycles. The molecular formula is C41H46F6N12O8S2. The molecule has 0 spiro atoms. The highest BCUT2D eigenvalue weighted by atomic mass is 32.2. The van der Waals surface area contributed by atoms with E-state index >= 15 is 0 Å². The number of azo groups is 2. The molecule has 69 heavy (non-hydrogen) atoms. The van der Waals surface area contributed by atoms with Gasteiger partial charge in [-0.3, -0.25) is 9.11 Å². The lowest BCUT2D eigenvalue weighted by molar-refractivity contribution is -0.138. The Kier molecular flexibility index (Phi) is 17.2. The summed E-state index contributed by atoms with van der Waals surface area (Å²) in [6, 6.07) is 12.4. The minimum absolute atomic E-state index is 0.0340. The Balaban J connectivity index is 1.69. The fourth-order valence-electron chi connectivity index (χ4n) is 6.58. The third-order valence-corrected chi connectivity index (χ3v) is 11.8. The Bertz CT molecular complexity index is 2710. The molecule has 6 N–H and O–H groups in total. The van der Waals surface area contributed by atoms with Crippen LogP contribution in [0.1, 0.15) is 38.8 Å². The predicted octanol–water partition coefficient (Wildman–Crippen LogP) is 9.20. The summed E-state index contributed by atoms with van der Waals surface area (Å²) in [4.78, 5) is 16.5. The zero-order valence-electron chi connectivity index (χ0n) is 37.1. The number of benzene rings is 4. The first-order valence-electron chi connectivity index (χ1n) is 20.7. The quantitative estimate of drug-likeness (QED) is 0.0227. The van der Waals surface area contributed by atoms with Gasteiger partial charge in [0.15, 0.2) is 0 Å². The molecule has 0 saturated heterocycles. The Morgan fingerprint density at radius 1 is 0.522 bits per heavy atom. The molecule has 28 heteroatoms. The largest absolute Gasteiger partial charge is 0.416 e. The van der Waals surface area contributed by atoms with E-state index in [9.17, 15) is 62.5 Å². The molecule has 20 nitrogen and oxygen atoms in total. The summed E-state index contributed by atoms with van der Waals surface area (Å²) in [6.45, 7) is 8.65. The van der Waals surface area contributed by atoms with Crippen LogP contribution in [0.5, 0.6) is 0 Å².